The van der Waals surface area contributed by atoms with Crippen molar-refractivity contribution in [1.82, 2.24) is 5.32 Å². The van der Waals surface area contributed by atoms with Gasteiger partial charge in [-0.3, -0.25) is 4.79 Å². The Kier molecular flexibility index (Phi) is 5.91. The second-order valence-electron chi connectivity index (χ2n) is 5.35. The average molecular weight is 327 g/mol. The number of hydrogen-bond acceptors (Lipinski definition) is 7. The maximum atomic E-state index is 12.0. The van der Waals surface area contributed by atoms with Crippen molar-refractivity contribution in [3.05, 3.63) is 29.8 Å². The van der Waals surface area contributed by atoms with Crippen molar-refractivity contribution in [3.8, 4) is 5.75 Å². The number of rotatable bonds is 5. The van der Waals surface area contributed by atoms with E-state index in [4.69, 9.17) is 14.6 Å². The topological polar surface area (TPSA) is 128 Å². The summed E-state index contributed by atoms with van der Waals surface area (Å²) in [5.74, 6) is 0.218. The van der Waals surface area contributed by atoms with Gasteiger partial charge in [0.05, 0.1) is 20.1 Å². The van der Waals surface area contributed by atoms with E-state index in [0.717, 1.165) is 5.56 Å². The first kappa shape index (κ1) is 17.6. The van der Waals surface area contributed by atoms with Crippen molar-refractivity contribution in [2.45, 2.75) is 37.1 Å². The zero-order valence-electron chi connectivity index (χ0n) is 12.6. The van der Waals surface area contributed by atoms with Crippen LogP contribution in [-0.4, -0.2) is 70.7 Å². The van der Waals surface area contributed by atoms with Crippen molar-refractivity contribution < 1.29 is 34.7 Å². The fourth-order valence-electron chi connectivity index (χ4n) is 2.42. The highest BCUT2D eigenvalue weighted by Gasteiger charge is 2.44. The molecule has 8 heteroatoms. The summed E-state index contributed by atoms with van der Waals surface area (Å²) in [7, 11) is 1.54. The fourth-order valence-corrected chi connectivity index (χ4v) is 2.42. The number of carbonyl (C=O) groups is 1. The molecule has 1 aromatic carbocycles. The molecule has 0 aromatic heterocycles. The van der Waals surface area contributed by atoms with Crippen LogP contribution in [0.15, 0.2) is 24.3 Å². The van der Waals surface area contributed by atoms with E-state index in [1.54, 1.807) is 31.4 Å². The van der Waals surface area contributed by atoms with Gasteiger partial charge >= 0.3 is 0 Å². The number of nitrogens with one attached hydrogen (secondary N) is 1. The summed E-state index contributed by atoms with van der Waals surface area (Å²) >= 11 is 0. The monoisotopic (exact) mass is 327 g/mol. The van der Waals surface area contributed by atoms with Gasteiger partial charge in [-0.1, -0.05) is 12.1 Å². The summed E-state index contributed by atoms with van der Waals surface area (Å²) in [5, 5.41) is 41.0. The smallest absolute Gasteiger partial charge is 0.224 e. The molecule has 0 aliphatic carbocycles. The van der Waals surface area contributed by atoms with Gasteiger partial charge in [-0.25, -0.2) is 0 Å². The highest BCUT2D eigenvalue weighted by atomic mass is 16.6. The highest BCUT2D eigenvalue weighted by molar-refractivity contribution is 5.79. The van der Waals surface area contributed by atoms with Crippen LogP contribution in [0.5, 0.6) is 5.75 Å². The zero-order valence-corrected chi connectivity index (χ0v) is 12.6. The standard InChI is InChI=1S/C15H21NO7/c1-22-9-4-2-8(3-5-9)6-11(18)16-12-14(20)13(19)10(7-17)23-15(12)21/h2-5,10,12-15,17,19-21H,6-7H2,1H3,(H,16,18)/t10-,12-,13-,14-,15-/m1/s1. The first-order valence-electron chi connectivity index (χ1n) is 7.19. The first-order chi connectivity index (χ1) is 11.0. The van der Waals surface area contributed by atoms with Crippen molar-refractivity contribution >= 4 is 5.91 Å². The minimum Gasteiger partial charge on any atom is -0.497 e. The fraction of sp³-hybridized carbons (Fsp3) is 0.533. The van der Waals surface area contributed by atoms with Gasteiger partial charge in [0.1, 0.15) is 30.1 Å². The number of methoxy groups -OCH3 is 1. The number of amides is 1. The molecule has 1 amide bonds. The molecule has 1 aliphatic rings. The Morgan fingerprint density at radius 1 is 1.22 bits per heavy atom. The predicted octanol–water partition coefficient (Wildman–Crippen LogP) is -1.85. The van der Waals surface area contributed by atoms with Gasteiger partial charge in [-0.05, 0) is 17.7 Å². The Bertz CT molecular complexity index is 521. The quantitative estimate of drug-likeness (QED) is 0.429. The van der Waals surface area contributed by atoms with Crippen molar-refractivity contribution in [3.63, 3.8) is 0 Å². The van der Waals surface area contributed by atoms with E-state index in [1.165, 1.54) is 0 Å². The Morgan fingerprint density at radius 3 is 2.43 bits per heavy atom. The first-order valence-corrected chi connectivity index (χ1v) is 7.19. The molecule has 2 rings (SSSR count). The lowest BCUT2D eigenvalue weighted by atomic mass is 9.97. The third-order valence-corrected chi connectivity index (χ3v) is 3.75. The minimum atomic E-state index is -1.52. The molecule has 1 saturated heterocycles. The molecular formula is C15H21NO7. The molecule has 0 bridgehead atoms. The molecular weight excluding hydrogens is 306 g/mol. The number of hydrogen-bond donors (Lipinski definition) is 5. The maximum Gasteiger partial charge on any atom is 0.224 e. The maximum absolute atomic E-state index is 12.0. The Balaban J connectivity index is 1.95. The number of ether oxygens (including phenoxy) is 2. The van der Waals surface area contributed by atoms with Crippen molar-refractivity contribution in [2.75, 3.05) is 13.7 Å². The van der Waals surface area contributed by atoms with Crippen molar-refractivity contribution in [2.24, 2.45) is 0 Å². The lowest BCUT2D eigenvalue weighted by Gasteiger charge is -2.40. The van der Waals surface area contributed by atoms with Crippen LogP contribution in [-0.2, 0) is 16.0 Å². The second-order valence-corrected chi connectivity index (χ2v) is 5.35. The molecule has 1 heterocycles. The van der Waals surface area contributed by atoms with Crippen LogP contribution < -0.4 is 10.1 Å². The van der Waals surface area contributed by atoms with Gasteiger partial charge in [0.2, 0.25) is 5.91 Å². The Hall–Kier alpha value is -1.71. The van der Waals surface area contributed by atoms with Gasteiger partial charge in [-0.15, -0.1) is 0 Å². The van der Waals surface area contributed by atoms with Crippen LogP contribution in [0.3, 0.4) is 0 Å². The van der Waals surface area contributed by atoms with E-state index < -0.39 is 43.2 Å². The van der Waals surface area contributed by atoms with Crippen LogP contribution in [0.4, 0.5) is 0 Å². The number of carbonyl (C=O) groups excluding carboxylic acids is 1. The van der Waals surface area contributed by atoms with Crippen LogP contribution >= 0.6 is 0 Å². The molecule has 0 spiro atoms. The number of benzene rings is 1. The molecule has 1 fully saturated rings. The molecule has 1 aliphatic heterocycles. The molecule has 8 nitrogen and oxygen atoms in total. The molecule has 23 heavy (non-hydrogen) atoms. The van der Waals surface area contributed by atoms with Gasteiger partial charge < -0.3 is 35.2 Å². The highest BCUT2D eigenvalue weighted by Crippen LogP contribution is 2.20. The third kappa shape index (κ3) is 4.18. The van der Waals surface area contributed by atoms with E-state index >= 15 is 0 Å². The summed E-state index contributed by atoms with van der Waals surface area (Å²) in [4.78, 5) is 12.0. The summed E-state index contributed by atoms with van der Waals surface area (Å²) in [6.07, 6.45) is -5.45. The van der Waals surface area contributed by atoms with E-state index in [2.05, 4.69) is 5.32 Å². The van der Waals surface area contributed by atoms with Crippen molar-refractivity contribution in [1.29, 1.82) is 0 Å². The number of aliphatic hydroxyl groups excluding tert-OH is 4. The van der Waals surface area contributed by atoms with Crippen LogP contribution in [0.2, 0.25) is 0 Å². The Morgan fingerprint density at radius 2 is 1.87 bits per heavy atom. The van der Waals surface area contributed by atoms with Gasteiger partial charge in [-0.2, -0.15) is 0 Å². The largest absolute Gasteiger partial charge is 0.497 e. The van der Waals surface area contributed by atoms with Crippen LogP contribution in [0.25, 0.3) is 0 Å². The molecule has 0 radical (unpaired) electrons. The van der Waals surface area contributed by atoms with E-state index in [9.17, 15) is 20.1 Å². The van der Waals surface area contributed by atoms with Crippen LogP contribution in [0.1, 0.15) is 5.56 Å². The predicted molar refractivity (Wildman–Crippen MR) is 78.6 cm³/mol. The van der Waals surface area contributed by atoms with Gasteiger partial charge in [0, 0.05) is 0 Å². The second kappa shape index (κ2) is 7.71. The third-order valence-electron chi connectivity index (χ3n) is 3.75. The lowest BCUT2D eigenvalue weighted by molar-refractivity contribution is -0.253. The Labute approximate surface area is 133 Å². The van der Waals surface area contributed by atoms with E-state index in [0.29, 0.717) is 5.75 Å². The molecule has 1 aromatic rings. The molecule has 0 saturated carbocycles. The molecule has 5 atom stereocenters. The molecule has 5 N–H and O–H groups in total. The summed E-state index contributed by atoms with van der Waals surface area (Å²) in [6, 6.07) is 5.69. The van der Waals surface area contributed by atoms with Gasteiger partial charge in [0.25, 0.3) is 0 Å². The van der Waals surface area contributed by atoms with E-state index in [1.807, 2.05) is 0 Å². The normalized spacial score (nSPS) is 30.7. The summed E-state index contributed by atoms with van der Waals surface area (Å²) in [5.41, 5.74) is 0.720. The molecule has 0 unspecified atom stereocenters. The SMILES string of the molecule is COc1ccc(CC(=O)N[C@@H]2[C@@H](O)[C@H](O)[C@@H](CO)O[C@H]2O)cc1. The minimum absolute atomic E-state index is 0.0272. The van der Waals surface area contributed by atoms with Crippen LogP contribution in [0, 0.1) is 0 Å². The summed E-state index contributed by atoms with van der Waals surface area (Å²) < 4.78 is 10.0. The van der Waals surface area contributed by atoms with E-state index in [-0.39, 0.29) is 6.42 Å². The zero-order chi connectivity index (χ0) is 17.0. The van der Waals surface area contributed by atoms with Gasteiger partial charge in [0.15, 0.2) is 6.29 Å². The summed E-state index contributed by atoms with van der Waals surface area (Å²) in [6.45, 7) is -0.554. The average Bonchev–Trinajstić information content (AvgIpc) is 2.55. The lowest BCUT2D eigenvalue weighted by Crippen LogP contribution is -2.64. The molecule has 128 valence electrons. The number of aliphatic hydroxyl groups is 4.